The molecule has 0 unspecified atom stereocenters. The van der Waals surface area contributed by atoms with Gasteiger partial charge in [-0.05, 0) is 18.9 Å². The summed E-state index contributed by atoms with van der Waals surface area (Å²) in [6.07, 6.45) is 5.94. The molecular weight excluding hydrogens is 250 g/mol. The summed E-state index contributed by atoms with van der Waals surface area (Å²) in [4.78, 5) is 14.6. The summed E-state index contributed by atoms with van der Waals surface area (Å²) in [5, 5.41) is 0. The first-order valence-electron chi connectivity index (χ1n) is 7.79. The minimum atomic E-state index is 0.308. The zero-order valence-electron chi connectivity index (χ0n) is 12.0. The molecule has 1 heterocycles. The highest BCUT2D eigenvalue weighted by atomic mass is 16.5. The van der Waals surface area contributed by atoms with Gasteiger partial charge in [0.15, 0.2) is 0 Å². The predicted octanol–water partition coefficient (Wildman–Crippen LogP) is 3.03. The summed E-state index contributed by atoms with van der Waals surface area (Å²) in [7, 11) is 0. The van der Waals surface area contributed by atoms with Gasteiger partial charge < -0.3 is 4.74 Å². The van der Waals surface area contributed by atoms with Crippen LogP contribution >= 0.6 is 0 Å². The van der Waals surface area contributed by atoms with Gasteiger partial charge in [-0.1, -0.05) is 37.5 Å². The standard InChI is InChI=1S/C17H23NO2/c19-16(14-6-2-1-3-7-14)13-18-10-11-20-17-9-5-4-8-15(17)12-18/h4-5,8-9,14H,1-3,6-7,10-13H2. The highest BCUT2D eigenvalue weighted by molar-refractivity contribution is 5.83. The van der Waals surface area contributed by atoms with Crippen molar-refractivity contribution in [1.29, 1.82) is 0 Å². The molecule has 3 heteroatoms. The van der Waals surface area contributed by atoms with Crippen LogP contribution in [0.3, 0.4) is 0 Å². The van der Waals surface area contributed by atoms with E-state index < -0.39 is 0 Å². The minimum absolute atomic E-state index is 0.308. The van der Waals surface area contributed by atoms with Gasteiger partial charge in [0.1, 0.15) is 18.1 Å². The largest absolute Gasteiger partial charge is 0.492 e. The van der Waals surface area contributed by atoms with Gasteiger partial charge in [0.2, 0.25) is 0 Å². The summed E-state index contributed by atoms with van der Waals surface area (Å²) in [5.74, 6) is 1.72. The molecule has 0 spiro atoms. The first-order valence-corrected chi connectivity index (χ1v) is 7.79. The number of hydrogen-bond donors (Lipinski definition) is 0. The van der Waals surface area contributed by atoms with Crippen molar-refractivity contribution in [1.82, 2.24) is 4.90 Å². The van der Waals surface area contributed by atoms with Crippen LogP contribution in [0.25, 0.3) is 0 Å². The number of carbonyl (C=O) groups excluding carboxylic acids is 1. The lowest BCUT2D eigenvalue weighted by molar-refractivity contribution is -0.125. The molecule has 108 valence electrons. The summed E-state index contributed by atoms with van der Waals surface area (Å²) < 4.78 is 5.75. The maximum atomic E-state index is 12.4. The van der Waals surface area contributed by atoms with E-state index in [4.69, 9.17) is 4.74 Å². The molecule has 0 saturated heterocycles. The number of carbonyl (C=O) groups is 1. The first-order chi connectivity index (χ1) is 9.83. The lowest BCUT2D eigenvalue weighted by atomic mass is 9.86. The molecule has 0 radical (unpaired) electrons. The maximum absolute atomic E-state index is 12.4. The highest BCUT2D eigenvalue weighted by Gasteiger charge is 2.24. The van der Waals surface area contributed by atoms with E-state index in [0.717, 1.165) is 31.7 Å². The molecule has 20 heavy (non-hydrogen) atoms. The number of para-hydroxylation sites is 1. The average molecular weight is 273 g/mol. The van der Waals surface area contributed by atoms with Crippen molar-refractivity contribution in [3.8, 4) is 5.75 Å². The van der Waals surface area contributed by atoms with Crippen LogP contribution in [0.2, 0.25) is 0 Å². The number of benzene rings is 1. The maximum Gasteiger partial charge on any atom is 0.149 e. The molecule has 1 aromatic carbocycles. The molecule has 0 bridgehead atoms. The second-order valence-electron chi connectivity index (χ2n) is 5.97. The molecule has 0 amide bonds. The second kappa shape index (κ2) is 6.40. The Morgan fingerprint density at radius 2 is 2.00 bits per heavy atom. The SMILES string of the molecule is O=C(CN1CCOc2ccccc2C1)C1CCCCC1. The zero-order valence-corrected chi connectivity index (χ0v) is 12.0. The Labute approximate surface area is 120 Å². The van der Waals surface area contributed by atoms with Gasteiger partial charge in [0, 0.05) is 24.6 Å². The lowest BCUT2D eigenvalue weighted by Crippen LogP contribution is -2.35. The number of ketones is 1. The van der Waals surface area contributed by atoms with E-state index in [0.29, 0.717) is 24.9 Å². The van der Waals surface area contributed by atoms with Gasteiger partial charge in [0.05, 0.1) is 6.54 Å². The molecule has 1 aliphatic carbocycles. The number of rotatable bonds is 3. The molecule has 2 aliphatic rings. The number of fused-ring (bicyclic) bond motifs is 1. The third kappa shape index (κ3) is 3.21. The van der Waals surface area contributed by atoms with Crippen molar-refractivity contribution >= 4 is 5.78 Å². The smallest absolute Gasteiger partial charge is 0.149 e. The number of nitrogens with zero attached hydrogens (tertiary/aromatic N) is 1. The zero-order chi connectivity index (χ0) is 13.8. The molecule has 0 aromatic heterocycles. The van der Waals surface area contributed by atoms with E-state index in [-0.39, 0.29) is 0 Å². The van der Waals surface area contributed by atoms with E-state index in [1.807, 2.05) is 18.2 Å². The summed E-state index contributed by atoms with van der Waals surface area (Å²) in [5.41, 5.74) is 1.20. The molecular formula is C17H23NO2. The molecule has 1 aromatic rings. The minimum Gasteiger partial charge on any atom is -0.492 e. The van der Waals surface area contributed by atoms with Gasteiger partial charge >= 0.3 is 0 Å². The van der Waals surface area contributed by atoms with E-state index >= 15 is 0 Å². The van der Waals surface area contributed by atoms with Crippen LogP contribution in [0.5, 0.6) is 5.75 Å². The Hall–Kier alpha value is -1.35. The molecule has 1 aliphatic heterocycles. The molecule has 3 rings (SSSR count). The van der Waals surface area contributed by atoms with Crippen LogP contribution in [0.1, 0.15) is 37.7 Å². The summed E-state index contributed by atoms with van der Waals surface area (Å²) >= 11 is 0. The second-order valence-corrected chi connectivity index (χ2v) is 5.97. The summed E-state index contributed by atoms with van der Waals surface area (Å²) in [6.45, 7) is 2.93. The molecule has 0 N–H and O–H groups in total. The Balaban J connectivity index is 1.61. The number of Topliss-reactive ketones (excluding diaryl/α,β-unsaturated/α-hetero) is 1. The first kappa shape index (κ1) is 13.6. The van der Waals surface area contributed by atoms with Gasteiger partial charge in [0.25, 0.3) is 0 Å². The van der Waals surface area contributed by atoms with Crippen molar-refractivity contribution in [3.63, 3.8) is 0 Å². The quantitative estimate of drug-likeness (QED) is 0.848. The van der Waals surface area contributed by atoms with Crippen molar-refractivity contribution in [2.45, 2.75) is 38.6 Å². The van der Waals surface area contributed by atoms with E-state index in [1.165, 1.54) is 24.8 Å². The Morgan fingerprint density at radius 1 is 1.20 bits per heavy atom. The third-order valence-electron chi connectivity index (χ3n) is 4.47. The normalized spacial score (nSPS) is 20.8. The number of ether oxygens (including phenoxy) is 1. The van der Waals surface area contributed by atoms with Crippen LogP contribution in [-0.4, -0.2) is 30.4 Å². The monoisotopic (exact) mass is 273 g/mol. The van der Waals surface area contributed by atoms with E-state index in [2.05, 4.69) is 11.0 Å². The van der Waals surface area contributed by atoms with Crippen LogP contribution in [0.4, 0.5) is 0 Å². The van der Waals surface area contributed by atoms with Crippen LogP contribution in [0, 0.1) is 5.92 Å². The Bertz CT molecular complexity index is 466. The predicted molar refractivity (Wildman–Crippen MR) is 78.8 cm³/mol. The van der Waals surface area contributed by atoms with Crippen molar-refractivity contribution in [3.05, 3.63) is 29.8 Å². The lowest BCUT2D eigenvalue weighted by Gasteiger charge is -2.24. The number of hydrogen-bond acceptors (Lipinski definition) is 3. The van der Waals surface area contributed by atoms with Gasteiger partial charge in [-0.2, -0.15) is 0 Å². The topological polar surface area (TPSA) is 29.5 Å². The van der Waals surface area contributed by atoms with Crippen LogP contribution in [0.15, 0.2) is 24.3 Å². The summed E-state index contributed by atoms with van der Waals surface area (Å²) in [6, 6.07) is 8.15. The fourth-order valence-corrected chi connectivity index (χ4v) is 3.29. The highest BCUT2D eigenvalue weighted by Crippen LogP contribution is 2.26. The van der Waals surface area contributed by atoms with Crippen molar-refractivity contribution < 1.29 is 9.53 Å². The fourth-order valence-electron chi connectivity index (χ4n) is 3.29. The Morgan fingerprint density at radius 3 is 2.85 bits per heavy atom. The average Bonchev–Trinajstić information content (AvgIpc) is 2.69. The van der Waals surface area contributed by atoms with Crippen LogP contribution in [-0.2, 0) is 11.3 Å². The van der Waals surface area contributed by atoms with Crippen molar-refractivity contribution in [2.24, 2.45) is 5.92 Å². The molecule has 1 saturated carbocycles. The van der Waals surface area contributed by atoms with Crippen molar-refractivity contribution in [2.75, 3.05) is 19.7 Å². The molecule has 0 atom stereocenters. The van der Waals surface area contributed by atoms with E-state index in [1.54, 1.807) is 0 Å². The third-order valence-corrected chi connectivity index (χ3v) is 4.47. The Kier molecular flexibility index (Phi) is 4.36. The van der Waals surface area contributed by atoms with Gasteiger partial charge in [-0.15, -0.1) is 0 Å². The van der Waals surface area contributed by atoms with Gasteiger partial charge in [-0.25, -0.2) is 0 Å². The van der Waals surface area contributed by atoms with Gasteiger partial charge in [-0.3, -0.25) is 9.69 Å². The molecule has 1 fully saturated rings. The fraction of sp³-hybridized carbons (Fsp3) is 0.588. The van der Waals surface area contributed by atoms with Crippen LogP contribution < -0.4 is 4.74 Å². The van der Waals surface area contributed by atoms with E-state index in [9.17, 15) is 4.79 Å². The molecule has 3 nitrogen and oxygen atoms in total.